The first-order valence-electron chi connectivity index (χ1n) is 9.16. The highest BCUT2D eigenvalue weighted by Crippen LogP contribution is 2.47. The Morgan fingerprint density at radius 1 is 1.04 bits per heavy atom. The van der Waals surface area contributed by atoms with Crippen molar-refractivity contribution in [2.24, 2.45) is 0 Å². The predicted octanol–water partition coefficient (Wildman–Crippen LogP) is 4.95. The topological polar surface area (TPSA) is 8.17 Å². The Hall–Kier alpha value is -2.32. The zero-order chi connectivity index (χ0) is 17.2. The van der Waals surface area contributed by atoms with Gasteiger partial charge in [0.15, 0.2) is 0 Å². The minimum Gasteiger partial charge on any atom is -0.312 e. The minimum absolute atomic E-state index is 0.188. The van der Waals surface area contributed by atoms with Crippen molar-refractivity contribution >= 4 is 16.6 Å². The maximum absolute atomic E-state index is 2.55. The summed E-state index contributed by atoms with van der Waals surface area (Å²) in [5.41, 5.74) is 8.59. The second-order valence-electron chi connectivity index (χ2n) is 8.08. The molecule has 5 rings (SSSR count). The van der Waals surface area contributed by atoms with Crippen LogP contribution < -0.4 is 0 Å². The Morgan fingerprint density at radius 3 is 2.64 bits per heavy atom. The van der Waals surface area contributed by atoms with Crippen molar-refractivity contribution in [3.8, 4) is 0 Å². The van der Waals surface area contributed by atoms with Crippen LogP contribution in [0, 0.1) is 6.92 Å². The van der Waals surface area contributed by atoms with Gasteiger partial charge in [-0.3, -0.25) is 0 Å². The minimum atomic E-state index is 0.188. The molecule has 0 unspecified atom stereocenters. The zero-order valence-corrected chi connectivity index (χ0v) is 15.2. The molecule has 126 valence electrons. The third-order valence-corrected chi connectivity index (χ3v) is 5.90. The van der Waals surface area contributed by atoms with Crippen LogP contribution >= 0.6 is 0 Å². The number of likely N-dealkylation sites (N-methyl/N-ethyl adjacent to an activating group) is 1. The number of aryl methyl sites for hydroxylation is 1. The van der Waals surface area contributed by atoms with E-state index >= 15 is 0 Å². The first-order valence-corrected chi connectivity index (χ1v) is 9.16. The Labute approximate surface area is 149 Å². The fourth-order valence-electron chi connectivity index (χ4n) is 4.94. The molecule has 0 spiro atoms. The van der Waals surface area contributed by atoms with Gasteiger partial charge in [-0.2, -0.15) is 0 Å². The first-order chi connectivity index (χ1) is 12.1. The number of benzene rings is 2. The van der Waals surface area contributed by atoms with E-state index < -0.39 is 0 Å². The Balaban J connectivity index is 1.88. The number of rotatable bonds is 1. The lowest BCUT2D eigenvalue weighted by molar-refractivity contribution is 0.217. The van der Waals surface area contributed by atoms with E-state index in [2.05, 4.69) is 85.0 Å². The lowest BCUT2D eigenvalue weighted by Gasteiger charge is -2.42. The van der Waals surface area contributed by atoms with E-state index in [-0.39, 0.29) is 5.41 Å². The van der Waals surface area contributed by atoms with Gasteiger partial charge in [-0.05, 0) is 43.7 Å². The second kappa shape index (κ2) is 5.09. The van der Waals surface area contributed by atoms with Gasteiger partial charge < -0.3 is 9.47 Å². The summed E-state index contributed by atoms with van der Waals surface area (Å²) >= 11 is 0. The maximum atomic E-state index is 2.55. The molecule has 1 aromatic heterocycles. The van der Waals surface area contributed by atoms with Crippen molar-refractivity contribution in [1.29, 1.82) is 0 Å². The van der Waals surface area contributed by atoms with E-state index in [9.17, 15) is 0 Å². The van der Waals surface area contributed by atoms with Gasteiger partial charge in [0.25, 0.3) is 0 Å². The van der Waals surface area contributed by atoms with E-state index in [0.717, 1.165) is 19.5 Å². The molecule has 0 fully saturated rings. The van der Waals surface area contributed by atoms with Gasteiger partial charge in [0.05, 0.1) is 5.52 Å². The van der Waals surface area contributed by atoms with E-state index in [1.54, 1.807) is 0 Å². The van der Waals surface area contributed by atoms with E-state index in [1.807, 2.05) is 0 Å². The summed E-state index contributed by atoms with van der Waals surface area (Å²) in [5, 5.41) is 1.43. The molecule has 0 N–H and O–H groups in total. The van der Waals surface area contributed by atoms with Crippen molar-refractivity contribution in [2.75, 3.05) is 13.6 Å². The van der Waals surface area contributed by atoms with Gasteiger partial charge in [-0.25, -0.2) is 0 Å². The third kappa shape index (κ3) is 2.07. The largest absolute Gasteiger partial charge is 0.312 e. The highest BCUT2D eigenvalue weighted by molar-refractivity contribution is 5.92. The van der Waals surface area contributed by atoms with Crippen LogP contribution in [0.15, 0.2) is 54.6 Å². The van der Waals surface area contributed by atoms with Crippen LogP contribution in [0.3, 0.4) is 0 Å². The lowest BCUT2D eigenvalue weighted by atomic mass is 9.76. The fourth-order valence-corrected chi connectivity index (χ4v) is 4.94. The second-order valence-corrected chi connectivity index (χ2v) is 8.08. The molecule has 3 heterocycles. The van der Waals surface area contributed by atoms with Crippen molar-refractivity contribution in [1.82, 2.24) is 9.47 Å². The van der Waals surface area contributed by atoms with E-state index in [4.69, 9.17) is 0 Å². The molecule has 2 aliphatic rings. The molecule has 0 saturated carbocycles. The third-order valence-electron chi connectivity index (χ3n) is 5.90. The van der Waals surface area contributed by atoms with E-state index in [1.165, 1.54) is 39.0 Å². The molecule has 2 aliphatic heterocycles. The molecule has 0 bridgehead atoms. The van der Waals surface area contributed by atoms with Crippen LogP contribution in [-0.2, 0) is 12.0 Å². The van der Waals surface area contributed by atoms with Gasteiger partial charge in [0.2, 0.25) is 0 Å². The van der Waals surface area contributed by atoms with Crippen LogP contribution in [0.2, 0.25) is 0 Å². The van der Waals surface area contributed by atoms with Gasteiger partial charge in [0.1, 0.15) is 0 Å². The molecule has 0 aliphatic carbocycles. The first kappa shape index (κ1) is 15.0. The highest BCUT2D eigenvalue weighted by Gasteiger charge is 2.41. The number of aromatic nitrogens is 1. The van der Waals surface area contributed by atoms with Crippen LogP contribution in [0.1, 0.15) is 35.7 Å². The van der Waals surface area contributed by atoms with Gasteiger partial charge in [0, 0.05) is 35.3 Å². The summed E-state index contributed by atoms with van der Waals surface area (Å²) in [6.07, 6.45) is 3.55. The summed E-state index contributed by atoms with van der Waals surface area (Å²) in [7, 11) is 2.25. The number of hydrogen-bond acceptors (Lipinski definition) is 1. The molecule has 0 saturated heterocycles. The zero-order valence-electron chi connectivity index (χ0n) is 15.2. The van der Waals surface area contributed by atoms with Crippen LogP contribution in [0.4, 0.5) is 0 Å². The summed E-state index contributed by atoms with van der Waals surface area (Å²) in [5.74, 6) is 0. The number of hydrogen-bond donors (Lipinski definition) is 0. The van der Waals surface area contributed by atoms with Gasteiger partial charge >= 0.3 is 0 Å². The molecule has 25 heavy (non-hydrogen) atoms. The molecule has 3 aromatic rings. The van der Waals surface area contributed by atoms with Crippen LogP contribution in [0.5, 0.6) is 0 Å². The molecule has 0 amide bonds. The summed E-state index contributed by atoms with van der Waals surface area (Å²) in [6, 6.07) is 17.8. The summed E-state index contributed by atoms with van der Waals surface area (Å²) < 4.78 is 2.55. The Bertz CT molecular complexity index is 1010. The summed E-state index contributed by atoms with van der Waals surface area (Å²) in [4.78, 5) is 2.48. The van der Waals surface area contributed by atoms with Gasteiger partial charge in [-0.1, -0.05) is 55.0 Å². The molecule has 2 heteroatoms. The predicted molar refractivity (Wildman–Crippen MR) is 105 cm³/mol. The molecule has 0 radical (unpaired) electrons. The molecule has 2 aromatic carbocycles. The smallest absolute Gasteiger partial charge is 0.0535 e. The normalized spacial score (nSPS) is 22.8. The van der Waals surface area contributed by atoms with Crippen molar-refractivity contribution in [3.63, 3.8) is 0 Å². The Morgan fingerprint density at radius 2 is 1.84 bits per heavy atom. The number of nitrogens with zero attached hydrogens (tertiary/aromatic N) is 2. The number of allylic oxidation sites excluding steroid dienone is 1. The molecular formula is C23H24N2. The van der Waals surface area contributed by atoms with Crippen LogP contribution in [-0.4, -0.2) is 23.1 Å². The molecule has 1 atom stereocenters. The maximum Gasteiger partial charge on any atom is 0.0535 e. The van der Waals surface area contributed by atoms with Crippen molar-refractivity contribution < 1.29 is 0 Å². The highest BCUT2D eigenvalue weighted by atomic mass is 15.1. The monoisotopic (exact) mass is 328 g/mol. The lowest BCUT2D eigenvalue weighted by Crippen LogP contribution is -2.44. The standard InChI is InChI=1S/C23H24N2/c1-16-9-10-21-18(13-16)19-14-24(3)15-23(2)12-11-20(25(21)22(19)23)17-7-5-4-6-8-17/h4-11,13H,12,14-15H2,1-3H3/t23-/m1/s1. The summed E-state index contributed by atoms with van der Waals surface area (Å²) in [6.45, 7) is 6.79. The molecular weight excluding hydrogens is 304 g/mol. The van der Waals surface area contributed by atoms with Gasteiger partial charge in [-0.15, -0.1) is 0 Å². The van der Waals surface area contributed by atoms with Crippen molar-refractivity contribution in [2.45, 2.75) is 32.2 Å². The number of fused-ring (bicyclic) bond motifs is 3. The fraction of sp³-hybridized carbons (Fsp3) is 0.304. The Kier molecular flexibility index (Phi) is 3.05. The van der Waals surface area contributed by atoms with Crippen LogP contribution in [0.25, 0.3) is 16.6 Å². The average Bonchev–Trinajstić information content (AvgIpc) is 2.91. The van der Waals surface area contributed by atoms with E-state index in [0.29, 0.717) is 0 Å². The quantitative estimate of drug-likeness (QED) is 0.614. The SMILES string of the molecule is Cc1ccc2c(c1)c1c3n2C(c2ccccc2)=CC[C@]3(C)CN(C)C1. The van der Waals surface area contributed by atoms with Crippen molar-refractivity contribution in [3.05, 3.63) is 77.0 Å². The molecule has 2 nitrogen and oxygen atoms in total. The average molecular weight is 328 g/mol.